The van der Waals surface area contributed by atoms with Crippen LogP contribution in [0.1, 0.15) is 24.5 Å². The first-order chi connectivity index (χ1) is 9.24. The monoisotopic (exact) mass is 327 g/mol. The number of ether oxygens (including phenoxy) is 2. The smallest absolute Gasteiger partial charge is 0.125 e. The van der Waals surface area contributed by atoms with Crippen molar-refractivity contribution in [2.24, 2.45) is 0 Å². The second-order valence-electron chi connectivity index (χ2n) is 4.89. The molecule has 106 valence electrons. The van der Waals surface area contributed by atoms with Crippen molar-refractivity contribution in [2.75, 3.05) is 26.9 Å². The summed E-state index contributed by atoms with van der Waals surface area (Å²) in [6.45, 7) is 4.71. The van der Waals surface area contributed by atoms with Gasteiger partial charge < -0.3 is 14.8 Å². The van der Waals surface area contributed by atoms with E-state index in [0.29, 0.717) is 6.04 Å². The van der Waals surface area contributed by atoms with E-state index in [0.717, 1.165) is 49.2 Å². The zero-order valence-corrected chi connectivity index (χ0v) is 13.3. The SMILES string of the molecule is CCNC(CCOC)Cc1cc(Br)cc2c1OCC2. The highest BCUT2D eigenvalue weighted by atomic mass is 79.9. The molecule has 0 saturated carbocycles. The molecule has 1 aliphatic heterocycles. The molecule has 1 atom stereocenters. The summed E-state index contributed by atoms with van der Waals surface area (Å²) >= 11 is 3.60. The van der Waals surface area contributed by atoms with Gasteiger partial charge in [0, 0.05) is 30.7 Å². The zero-order chi connectivity index (χ0) is 13.7. The van der Waals surface area contributed by atoms with E-state index in [1.807, 2.05) is 0 Å². The van der Waals surface area contributed by atoms with Gasteiger partial charge in [-0.15, -0.1) is 0 Å². The highest BCUT2D eigenvalue weighted by Crippen LogP contribution is 2.33. The van der Waals surface area contributed by atoms with Gasteiger partial charge >= 0.3 is 0 Å². The van der Waals surface area contributed by atoms with Crippen molar-refractivity contribution in [3.8, 4) is 5.75 Å². The minimum atomic E-state index is 0.438. The molecule has 1 unspecified atom stereocenters. The minimum Gasteiger partial charge on any atom is -0.493 e. The molecule has 0 bridgehead atoms. The zero-order valence-electron chi connectivity index (χ0n) is 11.7. The predicted octanol–water partition coefficient (Wildman–Crippen LogP) is 2.94. The molecule has 1 aromatic carbocycles. The number of fused-ring (bicyclic) bond motifs is 1. The molecule has 4 heteroatoms. The molecule has 1 N–H and O–H groups in total. The number of rotatable bonds is 7. The molecule has 2 rings (SSSR count). The molecule has 0 aliphatic carbocycles. The van der Waals surface area contributed by atoms with Crippen LogP contribution in [0.5, 0.6) is 5.75 Å². The molecule has 0 aromatic heterocycles. The lowest BCUT2D eigenvalue weighted by molar-refractivity contribution is 0.182. The first kappa shape index (κ1) is 14.8. The van der Waals surface area contributed by atoms with Crippen molar-refractivity contribution in [1.82, 2.24) is 5.32 Å². The van der Waals surface area contributed by atoms with Gasteiger partial charge in [0.15, 0.2) is 0 Å². The van der Waals surface area contributed by atoms with E-state index in [4.69, 9.17) is 9.47 Å². The number of likely N-dealkylation sites (N-methyl/N-ethyl adjacent to an activating group) is 1. The topological polar surface area (TPSA) is 30.5 Å². The highest BCUT2D eigenvalue weighted by molar-refractivity contribution is 9.10. The Bertz CT molecular complexity index is 423. The van der Waals surface area contributed by atoms with E-state index < -0.39 is 0 Å². The van der Waals surface area contributed by atoms with Crippen molar-refractivity contribution in [3.05, 3.63) is 27.7 Å². The molecule has 3 nitrogen and oxygen atoms in total. The van der Waals surface area contributed by atoms with Crippen LogP contribution in [0, 0.1) is 0 Å². The fourth-order valence-corrected chi connectivity index (χ4v) is 3.14. The van der Waals surface area contributed by atoms with Crippen LogP contribution < -0.4 is 10.1 Å². The minimum absolute atomic E-state index is 0.438. The molecule has 1 aromatic rings. The highest BCUT2D eigenvalue weighted by Gasteiger charge is 2.19. The average Bonchev–Trinajstić information content (AvgIpc) is 2.84. The fourth-order valence-electron chi connectivity index (χ4n) is 2.59. The Morgan fingerprint density at radius 3 is 3.05 bits per heavy atom. The number of methoxy groups -OCH3 is 1. The Morgan fingerprint density at radius 1 is 1.47 bits per heavy atom. The molecule has 0 fully saturated rings. The third-order valence-corrected chi connectivity index (χ3v) is 3.91. The fraction of sp³-hybridized carbons (Fsp3) is 0.600. The molecule has 1 aliphatic rings. The van der Waals surface area contributed by atoms with Crippen LogP contribution in [0.25, 0.3) is 0 Å². The second-order valence-corrected chi connectivity index (χ2v) is 5.81. The summed E-state index contributed by atoms with van der Waals surface area (Å²) in [6, 6.07) is 4.79. The van der Waals surface area contributed by atoms with Gasteiger partial charge in [-0.05, 0) is 42.6 Å². The van der Waals surface area contributed by atoms with Crippen molar-refractivity contribution in [1.29, 1.82) is 0 Å². The standard InChI is InChI=1S/C15H22BrNO2/c1-3-17-14(5-6-18-2)10-12-9-13(16)8-11-4-7-19-15(11)12/h8-9,14,17H,3-7,10H2,1-2H3. The summed E-state index contributed by atoms with van der Waals surface area (Å²) < 4.78 is 12.1. The van der Waals surface area contributed by atoms with Gasteiger partial charge in [0.25, 0.3) is 0 Å². The van der Waals surface area contributed by atoms with E-state index in [1.54, 1.807) is 7.11 Å². The Morgan fingerprint density at radius 2 is 2.32 bits per heavy atom. The third-order valence-electron chi connectivity index (χ3n) is 3.45. The molecule has 19 heavy (non-hydrogen) atoms. The van der Waals surface area contributed by atoms with Gasteiger partial charge in [-0.25, -0.2) is 0 Å². The Labute approximate surface area is 123 Å². The van der Waals surface area contributed by atoms with Gasteiger partial charge in [0.1, 0.15) is 5.75 Å². The summed E-state index contributed by atoms with van der Waals surface area (Å²) in [7, 11) is 1.75. The van der Waals surface area contributed by atoms with E-state index >= 15 is 0 Å². The summed E-state index contributed by atoms with van der Waals surface area (Å²) in [5.41, 5.74) is 2.62. The summed E-state index contributed by atoms with van der Waals surface area (Å²) in [6.07, 6.45) is 3.02. The lowest BCUT2D eigenvalue weighted by Crippen LogP contribution is -2.32. The molecular weight excluding hydrogens is 306 g/mol. The van der Waals surface area contributed by atoms with Crippen LogP contribution >= 0.6 is 15.9 Å². The lowest BCUT2D eigenvalue weighted by atomic mass is 10.00. The predicted molar refractivity (Wildman–Crippen MR) is 81.0 cm³/mol. The Hall–Kier alpha value is -0.580. The van der Waals surface area contributed by atoms with Crippen LogP contribution in [0.15, 0.2) is 16.6 Å². The molecule has 0 amide bonds. The lowest BCUT2D eigenvalue weighted by Gasteiger charge is -2.19. The van der Waals surface area contributed by atoms with Gasteiger partial charge in [0.05, 0.1) is 6.61 Å². The summed E-state index contributed by atoms with van der Waals surface area (Å²) in [4.78, 5) is 0. The Balaban J connectivity index is 2.12. The molecule has 0 saturated heterocycles. The van der Waals surface area contributed by atoms with Crippen molar-refractivity contribution in [2.45, 2.75) is 32.2 Å². The van der Waals surface area contributed by atoms with Crippen LogP contribution in [-0.2, 0) is 17.6 Å². The maximum Gasteiger partial charge on any atom is 0.125 e. The Kier molecular flexibility index (Phi) is 5.67. The van der Waals surface area contributed by atoms with Crippen molar-refractivity contribution in [3.63, 3.8) is 0 Å². The molecule has 0 spiro atoms. The van der Waals surface area contributed by atoms with Crippen molar-refractivity contribution < 1.29 is 9.47 Å². The quantitative estimate of drug-likeness (QED) is 0.835. The summed E-state index contributed by atoms with van der Waals surface area (Å²) in [5, 5.41) is 3.53. The first-order valence-corrected chi connectivity index (χ1v) is 7.70. The van der Waals surface area contributed by atoms with Crippen LogP contribution in [0.4, 0.5) is 0 Å². The van der Waals surface area contributed by atoms with Crippen LogP contribution in [-0.4, -0.2) is 32.9 Å². The maximum atomic E-state index is 5.79. The van der Waals surface area contributed by atoms with Gasteiger partial charge in [-0.3, -0.25) is 0 Å². The molecule has 0 radical (unpaired) electrons. The normalized spacial score (nSPS) is 15.1. The molecular formula is C15H22BrNO2. The van der Waals surface area contributed by atoms with Crippen LogP contribution in [0.2, 0.25) is 0 Å². The van der Waals surface area contributed by atoms with Gasteiger partial charge in [0.2, 0.25) is 0 Å². The van der Waals surface area contributed by atoms with E-state index in [9.17, 15) is 0 Å². The molecule has 1 heterocycles. The number of benzene rings is 1. The van der Waals surface area contributed by atoms with E-state index in [-0.39, 0.29) is 0 Å². The number of nitrogens with one attached hydrogen (secondary N) is 1. The third kappa shape index (κ3) is 3.94. The van der Waals surface area contributed by atoms with Gasteiger partial charge in [-0.2, -0.15) is 0 Å². The van der Waals surface area contributed by atoms with Gasteiger partial charge in [-0.1, -0.05) is 22.9 Å². The number of hydrogen-bond acceptors (Lipinski definition) is 3. The van der Waals surface area contributed by atoms with Crippen LogP contribution in [0.3, 0.4) is 0 Å². The first-order valence-electron chi connectivity index (χ1n) is 6.91. The number of halogens is 1. The van der Waals surface area contributed by atoms with Crippen molar-refractivity contribution >= 4 is 15.9 Å². The largest absolute Gasteiger partial charge is 0.493 e. The average molecular weight is 328 g/mol. The second kappa shape index (κ2) is 7.27. The van der Waals surface area contributed by atoms with E-state index in [2.05, 4.69) is 40.3 Å². The number of hydrogen-bond donors (Lipinski definition) is 1. The summed E-state index contributed by atoms with van der Waals surface area (Å²) in [5.74, 6) is 1.10. The van der Waals surface area contributed by atoms with E-state index in [1.165, 1.54) is 11.1 Å². The maximum absolute atomic E-state index is 5.79.